The number of halogens is 4. The van der Waals surface area contributed by atoms with Gasteiger partial charge in [0, 0.05) is 19.5 Å². The summed E-state index contributed by atoms with van der Waals surface area (Å²) in [4.78, 5) is 23.7. The van der Waals surface area contributed by atoms with Gasteiger partial charge in [-0.2, -0.15) is 4.98 Å². The fourth-order valence-corrected chi connectivity index (χ4v) is 3.97. The van der Waals surface area contributed by atoms with Crippen LogP contribution in [0.4, 0.5) is 34.0 Å². The van der Waals surface area contributed by atoms with Crippen molar-refractivity contribution < 1.29 is 41.7 Å². The molecule has 2 amide bonds. The van der Waals surface area contributed by atoms with Crippen molar-refractivity contribution in [3.8, 4) is 17.5 Å². The second kappa shape index (κ2) is 9.72. The van der Waals surface area contributed by atoms with Crippen LogP contribution in [0.1, 0.15) is 25.0 Å². The number of urea groups is 1. The average Bonchev–Trinajstić information content (AvgIpc) is 3.52. The van der Waals surface area contributed by atoms with Gasteiger partial charge >= 0.3 is 18.4 Å². The van der Waals surface area contributed by atoms with Crippen molar-refractivity contribution in [1.82, 2.24) is 19.4 Å². The van der Waals surface area contributed by atoms with E-state index in [1.807, 2.05) is 0 Å². The van der Waals surface area contributed by atoms with Crippen LogP contribution in [0.2, 0.25) is 0 Å². The van der Waals surface area contributed by atoms with Crippen molar-refractivity contribution in [1.29, 1.82) is 0 Å². The Hall–Kier alpha value is -4.40. The summed E-state index contributed by atoms with van der Waals surface area (Å²) in [5.74, 6) is -1.46. The number of ether oxygens (including phenoxy) is 2. The number of aromatic nitrogens is 3. The molecule has 1 aliphatic carbocycles. The highest BCUT2D eigenvalue weighted by molar-refractivity contribution is 5.99. The van der Waals surface area contributed by atoms with Gasteiger partial charge in [-0.05, 0) is 37.1 Å². The summed E-state index contributed by atoms with van der Waals surface area (Å²) in [6.07, 6.45) is -1.43. The number of aliphatic hydroxyl groups is 1. The molecule has 1 fully saturated rings. The third kappa shape index (κ3) is 5.87. The van der Waals surface area contributed by atoms with E-state index in [0.29, 0.717) is 23.3 Å². The molecule has 39 heavy (non-hydrogen) atoms. The number of alkyl halides is 3. The minimum atomic E-state index is -4.92. The lowest BCUT2D eigenvalue weighted by Gasteiger charge is -2.19. The van der Waals surface area contributed by atoms with E-state index in [0.717, 1.165) is 40.5 Å². The third-order valence-electron chi connectivity index (χ3n) is 6.19. The maximum atomic E-state index is 13.4. The first-order valence-corrected chi connectivity index (χ1v) is 11.7. The van der Waals surface area contributed by atoms with Gasteiger partial charge < -0.3 is 19.8 Å². The number of imidazole rings is 1. The zero-order valence-electron chi connectivity index (χ0n) is 20.4. The summed E-state index contributed by atoms with van der Waals surface area (Å²) in [7, 11) is 1.39. The number of benzene rings is 1. The number of hydrogen-bond donors (Lipinski definition) is 1. The van der Waals surface area contributed by atoms with Gasteiger partial charge in [0.2, 0.25) is 5.82 Å². The molecule has 3 aromatic rings. The molecule has 0 bridgehead atoms. The SMILES string of the molecule is CN1C(=O)N(CCC2(O)CC2)C=[N+]([O-])c2c1nc(Oc1cccc(OC(F)(F)F)c1)n2Cc1ccc(F)cn1. The number of nitrogens with zero attached hydrogens (tertiary/aromatic N) is 6. The maximum absolute atomic E-state index is 13.4. The molecular weight excluding hydrogens is 528 g/mol. The summed E-state index contributed by atoms with van der Waals surface area (Å²) in [6.45, 7) is -0.0807. The van der Waals surface area contributed by atoms with Crippen molar-refractivity contribution in [2.24, 2.45) is 0 Å². The van der Waals surface area contributed by atoms with Gasteiger partial charge in [0.1, 0.15) is 23.9 Å². The van der Waals surface area contributed by atoms with E-state index in [1.54, 1.807) is 0 Å². The molecule has 2 aliphatic rings. The van der Waals surface area contributed by atoms with Gasteiger partial charge in [-0.1, -0.05) is 6.07 Å². The number of amides is 2. The zero-order chi connectivity index (χ0) is 27.9. The van der Waals surface area contributed by atoms with Crippen molar-refractivity contribution in [2.45, 2.75) is 37.8 Å². The molecule has 11 nitrogen and oxygen atoms in total. The van der Waals surface area contributed by atoms with E-state index >= 15 is 0 Å². The summed E-state index contributed by atoms with van der Waals surface area (Å²) in [5, 5.41) is 23.5. The van der Waals surface area contributed by atoms with Crippen LogP contribution in [0.25, 0.3) is 0 Å². The van der Waals surface area contributed by atoms with Gasteiger partial charge in [0.25, 0.3) is 5.82 Å². The van der Waals surface area contributed by atoms with E-state index in [2.05, 4.69) is 14.7 Å². The Labute approximate surface area is 218 Å². The number of fused-ring (bicyclic) bond motifs is 1. The molecule has 0 atom stereocenters. The molecule has 0 unspecified atom stereocenters. The van der Waals surface area contributed by atoms with E-state index < -0.39 is 29.6 Å². The Bertz CT molecular complexity index is 1420. The molecule has 1 aliphatic heterocycles. The van der Waals surface area contributed by atoms with Crippen LogP contribution in [0.15, 0.2) is 42.6 Å². The number of rotatable bonds is 8. The van der Waals surface area contributed by atoms with Gasteiger partial charge in [-0.3, -0.25) is 9.88 Å². The number of carbonyl (C=O) groups excluding carboxylic acids is 1. The molecule has 0 spiro atoms. The Morgan fingerprint density at radius 2 is 1.95 bits per heavy atom. The molecule has 0 radical (unpaired) electrons. The topological polar surface area (TPSA) is 119 Å². The van der Waals surface area contributed by atoms with Crippen molar-refractivity contribution >= 4 is 24.0 Å². The van der Waals surface area contributed by atoms with Crippen molar-refractivity contribution in [2.75, 3.05) is 18.5 Å². The molecule has 3 heterocycles. The average molecular weight is 550 g/mol. The summed E-state index contributed by atoms with van der Waals surface area (Å²) in [5.41, 5.74) is -0.554. The molecule has 15 heteroatoms. The fourth-order valence-electron chi connectivity index (χ4n) is 3.97. The Kier molecular flexibility index (Phi) is 6.54. The summed E-state index contributed by atoms with van der Waals surface area (Å²) in [6, 6.07) is 6.37. The van der Waals surface area contributed by atoms with Crippen molar-refractivity contribution in [3.63, 3.8) is 0 Å². The van der Waals surface area contributed by atoms with Crippen LogP contribution in [0.5, 0.6) is 17.5 Å². The summed E-state index contributed by atoms with van der Waals surface area (Å²) < 4.78 is 62.9. The first-order chi connectivity index (χ1) is 18.4. The fraction of sp³-hybridized carbons (Fsp3) is 0.333. The predicted octanol–water partition coefficient (Wildman–Crippen LogP) is 4.11. The second-order valence-electron chi connectivity index (χ2n) is 9.17. The number of carbonyl (C=O) groups is 1. The first-order valence-electron chi connectivity index (χ1n) is 11.7. The number of pyridine rings is 1. The minimum Gasteiger partial charge on any atom is -0.740 e. The third-order valence-corrected chi connectivity index (χ3v) is 6.19. The Morgan fingerprint density at radius 1 is 1.21 bits per heavy atom. The monoisotopic (exact) mass is 550 g/mol. The quantitative estimate of drug-likeness (QED) is 0.255. The Morgan fingerprint density at radius 3 is 2.62 bits per heavy atom. The first kappa shape index (κ1) is 26.2. The van der Waals surface area contributed by atoms with E-state index in [9.17, 15) is 32.7 Å². The lowest BCUT2D eigenvalue weighted by molar-refractivity contribution is -0.366. The van der Waals surface area contributed by atoms with Gasteiger partial charge in [-0.25, -0.2) is 23.4 Å². The molecule has 1 aromatic carbocycles. The Balaban J connectivity index is 1.53. The number of anilines is 1. The standard InChI is InChI=1S/C24H22F4N6O5/c1-31-19-20(34(37)14-32(22(31)35)10-9-23(36)7-8-23)33(13-16-6-5-15(25)12-29-16)21(30-19)38-17-3-2-4-18(11-17)39-24(26,27)28/h2-6,11-12,14,36H,7-10,13H2,1H3. The van der Waals surface area contributed by atoms with E-state index in [-0.39, 0.29) is 42.9 Å². The van der Waals surface area contributed by atoms with Gasteiger partial charge in [0.05, 0.1) is 24.0 Å². The molecule has 1 N–H and O–H groups in total. The molecule has 5 rings (SSSR count). The van der Waals surface area contributed by atoms with Crippen LogP contribution < -0.4 is 14.4 Å². The normalized spacial score (nSPS) is 16.5. The molecule has 206 valence electrons. The highest BCUT2D eigenvalue weighted by Gasteiger charge is 2.42. The van der Waals surface area contributed by atoms with E-state index in [4.69, 9.17) is 4.74 Å². The maximum Gasteiger partial charge on any atom is 0.573 e. The molecule has 2 aromatic heterocycles. The van der Waals surface area contributed by atoms with Crippen LogP contribution in [-0.2, 0) is 6.54 Å². The van der Waals surface area contributed by atoms with Gasteiger partial charge in [-0.15, -0.1) is 13.2 Å². The molecule has 0 saturated heterocycles. The smallest absolute Gasteiger partial charge is 0.573 e. The minimum absolute atomic E-state index is 0.0809. The molecule has 1 saturated carbocycles. The van der Waals surface area contributed by atoms with E-state index in [1.165, 1.54) is 29.8 Å². The highest BCUT2D eigenvalue weighted by Crippen LogP contribution is 2.40. The van der Waals surface area contributed by atoms with Crippen LogP contribution in [0.3, 0.4) is 0 Å². The zero-order valence-corrected chi connectivity index (χ0v) is 20.4. The van der Waals surface area contributed by atoms with Crippen LogP contribution in [0, 0.1) is 11.0 Å². The lowest BCUT2D eigenvalue weighted by Crippen LogP contribution is -2.41. The van der Waals surface area contributed by atoms with Crippen LogP contribution >= 0.6 is 0 Å². The van der Waals surface area contributed by atoms with Gasteiger partial charge in [0.15, 0.2) is 6.34 Å². The van der Waals surface area contributed by atoms with Crippen LogP contribution in [-0.4, -0.2) is 67.2 Å². The lowest BCUT2D eigenvalue weighted by atomic mass is 10.2. The largest absolute Gasteiger partial charge is 0.740 e. The second-order valence-corrected chi connectivity index (χ2v) is 9.17. The highest BCUT2D eigenvalue weighted by atomic mass is 19.4. The predicted molar refractivity (Wildman–Crippen MR) is 127 cm³/mol. The van der Waals surface area contributed by atoms with Crippen molar-refractivity contribution in [3.05, 3.63) is 59.3 Å². The number of hydrogen-bond acceptors (Lipinski definition) is 7. The summed E-state index contributed by atoms with van der Waals surface area (Å²) >= 11 is 0. The molecular formula is C24H22F4N6O5.